The van der Waals surface area contributed by atoms with Crippen LogP contribution in [0.25, 0.3) is 6.08 Å². The van der Waals surface area contributed by atoms with Crippen LogP contribution in [0, 0.1) is 11.9 Å². The van der Waals surface area contributed by atoms with Crippen molar-refractivity contribution >= 4 is 28.9 Å². The number of amidine groups is 1. The summed E-state index contributed by atoms with van der Waals surface area (Å²) in [7, 11) is 0. The number of carbonyl (C=O) groups excluding carboxylic acids is 1. The predicted molar refractivity (Wildman–Crippen MR) is 77.2 cm³/mol. The fourth-order valence-corrected chi connectivity index (χ4v) is 2.92. The van der Waals surface area contributed by atoms with Crippen LogP contribution in [0.4, 0.5) is 4.39 Å². The van der Waals surface area contributed by atoms with E-state index in [1.54, 1.807) is 12.1 Å². The van der Waals surface area contributed by atoms with E-state index >= 15 is 0 Å². The molecule has 4 nitrogen and oxygen atoms in total. The number of aliphatic imine (C=N–C) groups is 1. The summed E-state index contributed by atoms with van der Waals surface area (Å²) < 4.78 is 12.8. The number of amides is 1. The van der Waals surface area contributed by atoms with Crippen LogP contribution in [0.3, 0.4) is 0 Å². The highest BCUT2D eigenvalue weighted by molar-refractivity contribution is 8.18. The summed E-state index contributed by atoms with van der Waals surface area (Å²) in [6.07, 6.45) is 3.91. The van der Waals surface area contributed by atoms with Crippen LogP contribution in [-0.4, -0.2) is 29.2 Å². The van der Waals surface area contributed by atoms with Crippen molar-refractivity contribution in [1.82, 2.24) is 10.4 Å². The maximum Gasteiger partial charge on any atom is 0.286 e. The first-order valence-corrected chi connectivity index (χ1v) is 7.25. The van der Waals surface area contributed by atoms with Gasteiger partial charge >= 0.3 is 0 Å². The van der Waals surface area contributed by atoms with Crippen molar-refractivity contribution in [2.45, 2.75) is 12.8 Å². The summed E-state index contributed by atoms with van der Waals surface area (Å²) >= 11 is 1.34. The molecule has 2 heterocycles. The molecule has 6 heteroatoms. The summed E-state index contributed by atoms with van der Waals surface area (Å²) in [6, 6.07) is 6.97. The van der Waals surface area contributed by atoms with E-state index in [-0.39, 0.29) is 11.7 Å². The van der Waals surface area contributed by atoms with Crippen molar-refractivity contribution in [3.8, 4) is 0 Å². The van der Waals surface area contributed by atoms with Crippen LogP contribution >= 0.6 is 11.8 Å². The molecule has 1 aromatic carbocycles. The molecule has 0 aliphatic carbocycles. The smallest absolute Gasteiger partial charge is 0.286 e. The predicted octanol–water partition coefficient (Wildman–Crippen LogP) is 2.20. The molecular weight excluding hydrogens is 277 g/mol. The Bertz CT molecular complexity index is 577. The Hall–Kier alpha value is -1.66. The lowest BCUT2D eigenvalue weighted by molar-refractivity contribution is -0.113. The summed E-state index contributed by atoms with van der Waals surface area (Å²) in [5, 5.41) is 2.60. The number of rotatable bonds is 1. The fourth-order valence-electron chi connectivity index (χ4n) is 2.01. The van der Waals surface area contributed by atoms with Crippen molar-refractivity contribution in [2.75, 3.05) is 13.1 Å². The normalized spacial score (nSPS) is 21.4. The van der Waals surface area contributed by atoms with Crippen LogP contribution in [0.2, 0.25) is 0 Å². The van der Waals surface area contributed by atoms with Gasteiger partial charge < -0.3 is 0 Å². The van der Waals surface area contributed by atoms with E-state index in [2.05, 4.69) is 16.5 Å². The second-order valence-electron chi connectivity index (χ2n) is 4.54. The van der Waals surface area contributed by atoms with E-state index in [1.807, 2.05) is 5.01 Å². The molecule has 1 fully saturated rings. The average Bonchev–Trinajstić information content (AvgIpc) is 2.84. The number of carbonyl (C=O) groups is 1. The van der Waals surface area contributed by atoms with Crippen molar-refractivity contribution < 1.29 is 9.18 Å². The summed E-state index contributed by atoms with van der Waals surface area (Å²) in [5.74, 6) is -0.595. The minimum atomic E-state index is -0.341. The van der Waals surface area contributed by atoms with E-state index in [1.165, 1.54) is 23.9 Å². The van der Waals surface area contributed by atoms with E-state index in [0.29, 0.717) is 15.6 Å². The number of hydrogen-bond donors (Lipinski definition) is 1. The van der Waals surface area contributed by atoms with Gasteiger partial charge in [-0.3, -0.25) is 9.80 Å². The lowest BCUT2D eigenvalue weighted by Gasteiger charge is -2.28. The molecule has 0 aromatic heterocycles. The zero-order valence-corrected chi connectivity index (χ0v) is 11.5. The molecule has 1 aromatic rings. The lowest BCUT2D eigenvalue weighted by Crippen LogP contribution is -2.45. The zero-order chi connectivity index (χ0) is 13.9. The molecule has 20 heavy (non-hydrogen) atoms. The number of hydrazine groups is 1. The minimum absolute atomic E-state index is 0.255. The Morgan fingerprint density at radius 1 is 1.45 bits per heavy atom. The molecule has 103 valence electrons. The van der Waals surface area contributed by atoms with Crippen LogP contribution in [0.1, 0.15) is 18.4 Å². The van der Waals surface area contributed by atoms with Crippen molar-refractivity contribution in [1.29, 1.82) is 0 Å². The Morgan fingerprint density at radius 3 is 3.05 bits per heavy atom. The van der Waals surface area contributed by atoms with Gasteiger partial charge in [0.05, 0.1) is 4.91 Å². The lowest BCUT2D eigenvalue weighted by atomic mass is 10.2. The summed E-state index contributed by atoms with van der Waals surface area (Å²) in [5.41, 5.74) is 3.89. The van der Waals surface area contributed by atoms with Crippen LogP contribution < -0.4 is 5.43 Å². The number of hydrogen-bond acceptors (Lipinski definition) is 4. The Labute approximate surface area is 120 Å². The molecule has 1 N–H and O–H groups in total. The van der Waals surface area contributed by atoms with E-state index in [0.717, 1.165) is 25.9 Å². The van der Waals surface area contributed by atoms with Crippen LogP contribution in [0.15, 0.2) is 28.1 Å². The molecular formula is C14H13FN3OS. The van der Waals surface area contributed by atoms with E-state index < -0.39 is 0 Å². The van der Waals surface area contributed by atoms with Gasteiger partial charge in [0.2, 0.25) is 0 Å². The standard InChI is InChI=1S/C14H13FN3OS/c15-11-5-3-10(4-6-11)9-12-13(19)17-14(20-12)18-8-2-1-7-16-18/h3,5-6,9,16H,1-2,7-8H2. The molecule has 2 aliphatic rings. The highest BCUT2D eigenvalue weighted by Crippen LogP contribution is 2.30. The topological polar surface area (TPSA) is 44.7 Å². The van der Waals surface area contributed by atoms with Gasteiger partial charge in [0.1, 0.15) is 5.82 Å². The molecule has 0 saturated carbocycles. The first kappa shape index (κ1) is 13.3. The van der Waals surface area contributed by atoms with E-state index in [9.17, 15) is 9.18 Å². The maximum absolute atomic E-state index is 12.8. The van der Waals surface area contributed by atoms with Crippen LogP contribution in [0.5, 0.6) is 0 Å². The average molecular weight is 290 g/mol. The highest BCUT2D eigenvalue weighted by atomic mass is 32.2. The summed E-state index contributed by atoms with van der Waals surface area (Å²) in [4.78, 5) is 16.5. The van der Waals surface area contributed by atoms with Gasteiger partial charge in [-0.15, -0.1) is 0 Å². The molecule has 0 unspecified atom stereocenters. The first-order chi connectivity index (χ1) is 9.72. The van der Waals surface area contributed by atoms with Gasteiger partial charge in [-0.2, -0.15) is 4.99 Å². The Kier molecular flexibility index (Phi) is 3.84. The fraction of sp³-hybridized carbons (Fsp3) is 0.286. The molecule has 0 spiro atoms. The van der Waals surface area contributed by atoms with Gasteiger partial charge in [-0.25, -0.2) is 9.82 Å². The quantitative estimate of drug-likeness (QED) is 0.805. The van der Waals surface area contributed by atoms with Crippen LogP contribution in [-0.2, 0) is 4.79 Å². The first-order valence-electron chi connectivity index (χ1n) is 6.43. The van der Waals surface area contributed by atoms with Crippen molar-refractivity contribution in [3.63, 3.8) is 0 Å². The largest absolute Gasteiger partial charge is 0.286 e. The molecule has 0 atom stereocenters. The SMILES string of the molecule is O=C1N=C(N2CCCCN2)SC1=Cc1[c]cc(F)cc1. The number of halogens is 1. The molecule has 3 rings (SSSR count). The molecule has 1 radical (unpaired) electrons. The second kappa shape index (κ2) is 5.76. The highest BCUT2D eigenvalue weighted by Gasteiger charge is 2.26. The second-order valence-corrected chi connectivity index (χ2v) is 5.55. The Morgan fingerprint density at radius 2 is 2.35 bits per heavy atom. The third-order valence-corrected chi connectivity index (χ3v) is 4.04. The number of nitrogens with zero attached hydrogens (tertiary/aromatic N) is 2. The van der Waals surface area contributed by atoms with Crippen molar-refractivity contribution in [2.24, 2.45) is 4.99 Å². The van der Waals surface area contributed by atoms with Crippen molar-refractivity contribution in [3.05, 3.63) is 40.6 Å². The molecule has 0 bridgehead atoms. The monoisotopic (exact) mass is 290 g/mol. The van der Waals surface area contributed by atoms with E-state index in [4.69, 9.17) is 0 Å². The number of nitrogens with one attached hydrogen (secondary N) is 1. The zero-order valence-electron chi connectivity index (χ0n) is 10.7. The number of benzene rings is 1. The van der Waals surface area contributed by atoms with Gasteiger partial charge in [0.25, 0.3) is 5.91 Å². The molecule has 1 saturated heterocycles. The summed E-state index contributed by atoms with van der Waals surface area (Å²) in [6.45, 7) is 1.76. The number of thioether (sulfide) groups is 1. The third-order valence-electron chi connectivity index (χ3n) is 3.04. The third kappa shape index (κ3) is 2.91. The van der Waals surface area contributed by atoms with Gasteiger partial charge in [-0.1, -0.05) is 6.07 Å². The van der Waals surface area contributed by atoms with Gasteiger partial charge in [0.15, 0.2) is 5.17 Å². The Balaban J connectivity index is 1.74. The molecule has 2 aliphatic heterocycles. The van der Waals surface area contributed by atoms with Gasteiger partial charge in [-0.05, 0) is 54.4 Å². The minimum Gasteiger partial charge on any atom is -0.286 e. The van der Waals surface area contributed by atoms with Gasteiger partial charge in [0, 0.05) is 13.1 Å². The molecule has 1 amide bonds. The maximum atomic E-state index is 12.8.